The summed E-state index contributed by atoms with van der Waals surface area (Å²) < 4.78 is 0. The van der Waals surface area contributed by atoms with E-state index < -0.39 is 5.91 Å². The highest BCUT2D eigenvalue weighted by Gasteiger charge is 2.26. The van der Waals surface area contributed by atoms with Gasteiger partial charge in [0.1, 0.15) is 4.88 Å². The molecule has 1 aliphatic rings. The first kappa shape index (κ1) is 17.0. The monoisotopic (exact) mass is 403 g/mol. The van der Waals surface area contributed by atoms with Crippen LogP contribution in [0.3, 0.4) is 0 Å². The number of aromatic hydroxyl groups is 1. The Balaban J connectivity index is 1.83. The van der Waals surface area contributed by atoms with Gasteiger partial charge in [-0.05, 0) is 42.5 Å². The third-order valence-corrected chi connectivity index (χ3v) is 5.62. The smallest absolute Gasteiger partial charge is 0.279 e. The molecule has 0 fully saturated rings. The van der Waals surface area contributed by atoms with Crippen LogP contribution in [0.1, 0.15) is 4.88 Å². The highest BCUT2D eigenvalue weighted by Crippen LogP contribution is 2.38. The maximum absolute atomic E-state index is 12.4. The summed E-state index contributed by atoms with van der Waals surface area (Å²) >= 11 is 13.2. The van der Waals surface area contributed by atoms with Crippen LogP contribution in [0.25, 0.3) is 5.57 Å². The van der Waals surface area contributed by atoms with Gasteiger partial charge >= 0.3 is 0 Å². The molecule has 130 valence electrons. The fraction of sp³-hybridized carbons (Fsp3) is 0.0556. The van der Waals surface area contributed by atoms with Gasteiger partial charge in [-0.25, -0.2) is 4.99 Å². The summed E-state index contributed by atoms with van der Waals surface area (Å²) in [6, 6.07) is 12.3. The van der Waals surface area contributed by atoms with Crippen LogP contribution < -0.4 is 15.5 Å². The highest BCUT2D eigenvalue weighted by molar-refractivity contribution is 7.17. The van der Waals surface area contributed by atoms with Crippen molar-refractivity contribution in [3.05, 3.63) is 68.0 Å². The molecule has 4 rings (SSSR count). The first-order valence-corrected chi connectivity index (χ1v) is 9.13. The number of nitrogens with zero attached hydrogens (tertiary/aromatic N) is 3. The number of aromatic nitrogens is 1. The lowest BCUT2D eigenvalue weighted by molar-refractivity contribution is -0.112. The summed E-state index contributed by atoms with van der Waals surface area (Å²) in [6.07, 6.45) is 0. The second-order valence-electron chi connectivity index (χ2n) is 5.64. The van der Waals surface area contributed by atoms with Crippen molar-refractivity contribution in [3.8, 4) is 5.88 Å². The van der Waals surface area contributed by atoms with Crippen molar-refractivity contribution in [2.75, 3.05) is 11.9 Å². The summed E-state index contributed by atoms with van der Waals surface area (Å²) in [5.74, 6) is -0.626. The second kappa shape index (κ2) is 6.39. The molecule has 1 aliphatic heterocycles. The molecule has 0 saturated heterocycles. The highest BCUT2D eigenvalue weighted by atomic mass is 35.5. The minimum absolute atomic E-state index is 0.211. The predicted molar refractivity (Wildman–Crippen MR) is 103 cm³/mol. The van der Waals surface area contributed by atoms with Crippen LogP contribution in [0.5, 0.6) is 5.88 Å². The van der Waals surface area contributed by atoms with Gasteiger partial charge in [0.15, 0.2) is 5.13 Å². The summed E-state index contributed by atoms with van der Waals surface area (Å²) in [4.78, 5) is 22.8. The lowest BCUT2D eigenvalue weighted by Crippen LogP contribution is -2.22. The van der Waals surface area contributed by atoms with Crippen LogP contribution >= 0.6 is 34.5 Å². The van der Waals surface area contributed by atoms with Crippen LogP contribution in [-0.4, -0.2) is 23.0 Å². The maximum Gasteiger partial charge on any atom is 0.279 e. The Bertz CT molecular complexity index is 1160. The maximum atomic E-state index is 12.4. The molecular weight excluding hydrogens is 393 g/mol. The van der Waals surface area contributed by atoms with Gasteiger partial charge in [0.05, 0.1) is 10.9 Å². The van der Waals surface area contributed by atoms with E-state index >= 15 is 0 Å². The average Bonchev–Trinajstić information content (AvgIpc) is 3.13. The molecular formula is C18H11Cl2N3O2S. The SMILES string of the molecule is CN(c1ccc(Cl)cc1)c1nc(O)c(C2=c3cc(Cl)ccc3=NC2=O)s1. The molecule has 0 bridgehead atoms. The largest absolute Gasteiger partial charge is 0.492 e. The number of thiazole rings is 1. The Kier molecular flexibility index (Phi) is 4.19. The zero-order valence-corrected chi connectivity index (χ0v) is 15.7. The lowest BCUT2D eigenvalue weighted by Gasteiger charge is -2.15. The summed E-state index contributed by atoms with van der Waals surface area (Å²) in [5, 5.41) is 13.1. The van der Waals surface area contributed by atoms with E-state index in [0.29, 0.717) is 36.2 Å². The zero-order valence-electron chi connectivity index (χ0n) is 13.4. The molecule has 5 nitrogen and oxygen atoms in total. The molecule has 8 heteroatoms. The number of hydrogen-bond donors (Lipinski definition) is 1. The van der Waals surface area contributed by atoms with Gasteiger partial charge in [-0.3, -0.25) is 4.79 Å². The number of carbonyl (C=O) groups excluding carboxylic acids is 1. The van der Waals surface area contributed by atoms with E-state index in [1.54, 1.807) is 35.2 Å². The molecule has 0 saturated carbocycles. The molecule has 3 aromatic rings. The molecule has 1 aromatic heterocycles. The zero-order chi connectivity index (χ0) is 18.4. The van der Waals surface area contributed by atoms with Crippen molar-refractivity contribution >= 4 is 56.8 Å². The van der Waals surface area contributed by atoms with Gasteiger partial charge in [0.25, 0.3) is 5.91 Å². The molecule has 0 aliphatic carbocycles. The molecule has 0 unspecified atom stereocenters. The van der Waals surface area contributed by atoms with Crippen molar-refractivity contribution in [2.45, 2.75) is 0 Å². The van der Waals surface area contributed by atoms with E-state index in [1.807, 2.05) is 19.2 Å². The molecule has 1 N–H and O–H groups in total. The van der Waals surface area contributed by atoms with E-state index in [0.717, 1.165) is 5.69 Å². The number of fused-ring (bicyclic) bond motifs is 1. The number of carbonyl (C=O) groups is 1. The van der Waals surface area contributed by atoms with Crippen LogP contribution in [0.15, 0.2) is 47.5 Å². The van der Waals surface area contributed by atoms with Crippen molar-refractivity contribution < 1.29 is 9.90 Å². The number of rotatable bonds is 3. The predicted octanol–water partition coefficient (Wildman–Crippen LogP) is 3.28. The Hall–Kier alpha value is -2.41. The van der Waals surface area contributed by atoms with Gasteiger partial charge in [0.2, 0.25) is 5.88 Å². The number of halogens is 2. The van der Waals surface area contributed by atoms with Crippen molar-refractivity contribution in [3.63, 3.8) is 0 Å². The fourth-order valence-corrected chi connectivity index (χ4v) is 3.98. The minimum atomic E-state index is -0.415. The van der Waals surface area contributed by atoms with Gasteiger partial charge in [-0.2, -0.15) is 4.98 Å². The Morgan fingerprint density at radius 1 is 1.08 bits per heavy atom. The van der Waals surface area contributed by atoms with Crippen molar-refractivity contribution in [1.29, 1.82) is 0 Å². The average molecular weight is 404 g/mol. The minimum Gasteiger partial charge on any atom is -0.492 e. The second-order valence-corrected chi connectivity index (χ2v) is 7.49. The Morgan fingerprint density at radius 3 is 2.50 bits per heavy atom. The topological polar surface area (TPSA) is 65.8 Å². The van der Waals surface area contributed by atoms with E-state index in [1.165, 1.54) is 11.3 Å². The van der Waals surface area contributed by atoms with Crippen LogP contribution in [0, 0.1) is 0 Å². The molecule has 0 atom stereocenters. The molecule has 0 radical (unpaired) electrons. The van der Waals surface area contributed by atoms with E-state index in [2.05, 4.69) is 9.98 Å². The quantitative estimate of drug-likeness (QED) is 0.728. The molecule has 0 spiro atoms. The van der Waals surface area contributed by atoms with E-state index in [9.17, 15) is 9.90 Å². The Labute approximate surface area is 162 Å². The third kappa shape index (κ3) is 2.86. The molecule has 26 heavy (non-hydrogen) atoms. The Morgan fingerprint density at radius 2 is 1.77 bits per heavy atom. The van der Waals surface area contributed by atoms with Crippen molar-refractivity contribution in [1.82, 2.24) is 4.98 Å². The number of anilines is 2. The van der Waals surface area contributed by atoms with E-state index in [4.69, 9.17) is 23.2 Å². The summed E-state index contributed by atoms with van der Waals surface area (Å²) in [7, 11) is 1.82. The van der Waals surface area contributed by atoms with Crippen LogP contribution in [0.2, 0.25) is 10.0 Å². The standard InChI is InChI=1S/C18H11Cl2N3O2S/c1-23(11-5-2-9(19)3-6-11)18-22-17(25)15(26-18)14-12-8-10(20)4-7-13(12)21-16(14)24/h2-8,25H,1H3. The third-order valence-electron chi connectivity index (χ3n) is 3.99. The fourth-order valence-electron chi connectivity index (χ4n) is 2.69. The summed E-state index contributed by atoms with van der Waals surface area (Å²) in [5.41, 5.74) is 1.17. The first-order chi connectivity index (χ1) is 12.4. The van der Waals surface area contributed by atoms with Gasteiger partial charge in [0, 0.05) is 28.0 Å². The van der Waals surface area contributed by atoms with Crippen LogP contribution in [-0.2, 0) is 4.79 Å². The normalized spacial score (nSPS) is 12.9. The lowest BCUT2D eigenvalue weighted by atomic mass is 10.1. The molecule has 2 aromatic carbocycles. The number of amides is 1. The molecule has 1 amide bonds. The number of hydrogen-bond acceptors (Lipinski definition) is 5. The van der Waals surface area contributed by atoms with Gasteiger partial charge < -0.3 is 10.0 Å². The number of benzene rings is 2. The first-order valence-electron chi connectivity index (χ1n) is 7.56. The van der Waals surface area contributed by atoms with E-state index in [-0.39, 0.29) is 5.88 Å². The summed E-state index contributed by atoms with van der Waals surface area (Å²) in [6.45, 7) is 0. The van der Waals surface area contributed by atoms with Gasteiger partial charge in [-0.1, -0.05) is 34.5 Å². The van der Waals surface area contributed by atoms with Crippen molar-refractivity contribution in [2.24, 2.45) is 4.99 Å². The molecule has 2 heterocycles. The van der Waals surface area contributed by atoms with Crippen LogP contribution in [0.4, 0.5) is 10.8 Å². The van der Waals surface area contributed by atoms with Gasteiger partial charge in [-0.15, -0.1) is 0 Å².